The normalized spacial score (nSPS) is 21.2. The van der Waals surface area contributed by atoms with Crippen molar-refractivity contribution in [2.75, 3.05) is 13.2 Å². The van der Waals surface area contributed by atoms with E-state index in [1.165, 1.54) is 18.2 Å². The molecule has 1 N–H and O–H groups in total. The molecule has 6 heteroatoms. The zero-order chi connectivity index (χ0) is 11.6. The molecule has 1 unspecified atom stereocenters. The molecule has 2 rings (SSSR count). The summed E-state index contributed by atoms with van der Waals surface area (Å²) in [4.78, 5) is -0.318. The van der Waals surface area contributed by atoms with E-state index in [4.69, 9.17) is 4.74 Å². The van der Waals surface area contributed by atoms with Crippen molar-refractivity contribution < 1.29 is 17.5 Å². The van der Waals surface area contributed by atoms with Crippen molar-refractivity contribution in [2.45, 2.75) is 17.4 Å². The van der Waals surface area contributed by atoms with E-state index in [1.54, 1.807) is 0 Å². The van der Waals surface area contributed by atoms with Crippen molar-refractivity contribution in [3.8, 4) is 0 Å². The fourth-order valence-electron chi connectivity index (χ4n) is 1.57. The van der Waals surface area contributed by atoms with Crippen molar-refractivity contribution >= 4 is 10.0 Å². The summed E-state index contributed by atoms with van der Waals surface area (Å²) < 4.78 is 44.4. The molecule has 0 amide bonds. The standard InChI is InChI=1S/C10H12FNO3S/c11-9-3-1-2-4-10(9)16(13,14)12-8-5-6-15-7-8/h1-4,8,12H,5-7H2. The van der Waals surface area contributed by atoms with Gasteiger partial charge in [0.25, 0.3) is 0 Å². The molecule has 4 nitrogen and oxygen atoms in total. The summed E-state index contributed by atoms with van der Waals surface area (Å²) in [6.07, 6.45) is 0.619. The molecule has 1 aromatic rings. The molecule has 0 aliphatic carbocycles. The summed E-state index contributed by atoms with van der Waals surface area (Å²) in [6.45, 7) is 0.873. The zero-order valence-corrected chi connectivity index (χ0v) is 9.34. The van der Waals surface area contributed by atoms with Gasteiger partial charge in [-0.1, -0.05) is 12.1 Å². The first-order chi connectivity index (χ1) is 7.59. The van der Waals surface area contributed by atoms with Gasteiger partial charge in [0.15, 0.2) is 0 Å². The Morgan fingerprint density at radius 3 is 2.75 bits per heavy atom. The van der Waals surface area contributed by atoms with Gasteiger partial charge in [0.05, 0.1) is 6.61 Å². The van der Waals surface area contributed by atoms with Crippen LogP contribution in [0.3, 0.4) is 0 Å². The van der Waals surface area contributed by atoms with Gasteiger partial charge in [0, 0.05) is 12.6 Å². The third-order valence-electron chi connectivity index (χ3n) is 2.38. The predicted octanol–water partition coefficient (Wildman–Crippen LogP) is 0.893. The highest BCUT2D eigenvalue weighted by Crippen LogP contribution is 2.15. The predicted molar refractivity (Wildman–Crippen MR) is 55.9 cm³/mol. The molecular formula is C10H12FNO3S. The highest BCUT2D eigenvalue weighted by atomic mass is 32.2. The fraction of sp³-hybridized carbons (Fsp3) is 0.400. The number of ether oxygens (including phenoxy) is 1. The third kappa shape index (κ3) is 2.40. The Morgan fingerprint density at radius 1 is 1.38 bits per heavy atom. The Hall–Kier alpha value is -0.980. The summed E-state index contributed by atoms with van der Waals surface area (Å²) in [6, 6.07) is 5.05. The van der Waals surface area contributed by atoms with E-state index in [2.05, 4.69) is 4.72 Å². The van der Waals surface area contributed by atoms with Crippen LogP contribution < -0.4 is 4.72 Å². The lowest BCUT2D eigenvalue weighted by molar-refractivity contribution is 0.192. The maximum atomic E-state index is 13.3. The SMILES string of the molecule is O=S(=O)(NC1CCOC1)c1ccccc1F. The van der Waals surface area contributed by atoms with Crippen LogP contribution in [0, 0.1) is 5.82 Å². The van der Waals surface area contributed by atoms with Gasteiger partial charge in [-0.2, -0.15) is 0 Å². The molecule has 16 heavy (non-hydrogen) atoms. The van der Waals surface area contributed by atoms with Crippen LogP contribution in [-0.2, 0) is 14.8 Å². The van der Waals surface area contributed by atoms with Crippen LogP contribution in [0.1, 0.15) is 6.42 Å². The Bertz CT molecular complexity index is 469. The van der Waals surface area contributed by atoms with Crippen LogP contribution in [0.25, 0.3) is 0 Å². The maximum Gasteiger partial charge on any atom is 0.243 e. The van der Waals surface area contributed by atoms with Crippen LogP contribution in [-0.4, -0.2) is 27.7 Å². The minimum absolute atomic E-state index is 0.260. The van der Waals surface area contributed by atoms with Crippen LogP contribution >= 0.6 is 0 Å². The molecule has 88 valence electrons. The minimum atomic E-state index is -3.78. The first-order valence-electron chi connectivity index (χ1n) is 4.94. The van der Waals surface area contributed by atoms with Gasteiger partial charge in [-0.3, -0.25) is 0 Å². The van der Waals surface area contributed by atoms with Crippen molar-refractivity contribution in [2.24, 2.45) is 0 Å². The van der Waals surface area contributed by atoms with Crippen molar-refractivity contribution in [1.82, 2.24) is 4.72 Å². The van der Waals surface area contributed by atoms with E-state index in [1.807, 2.05) is 0 Å². The second kappa shape index (κ2) is 4.48. The van der Waals surface area contributed by atoms with E-state index >= 15 is 0 Å². The summed E-state index contributed by atoms with van der Waals surface area (Å²) in [7, 11) is -3.78. The first-order valence-corrected chi connectivity index (χ1v) is 6.42. The fourth-order valence-corrected chi connectivity index (χ4v) is 2.91. The molecule has 0 bridgehead atoms. The Morgan fingerprint density at radius 2 is 2.12 bits per heavy atom. The molecule has 0 spiro atoms. The number of rotatable bonds is 3. The number of halogens is 1. The largest absolute Gasteiger partial charge is 0.380 e. The Kier molecular flexibility index (Phi) is 3.22. The zero-order valence-electron chi connectivity index (χ0n) is 8.52. The summed E-state index contributed by atoms with van der Waals surface area (Å²) in [5, 5.41) is 0. The number of hydrogen-bond donors (Lipinski definition) is 1. The van der Waals surface area contributed by atoms with Gasteiger partial charge in [-0.25, -0.2) is 17.5 Å². The van der Waals surface area contributed by atoms with E-state index in [0.717, 1.165) is 6.07 Å². The van der Waals surface area contributed by atoms with Crippen LogP contribution in [0.2, 0.25) is 0 Å². The second-order valence-corrected chi connectivity index (χ2v) is 5.29. The van der Waals surface area contributed by atoms with Gasteiger partial charge < -0.3 is 4.74 Å². The summed E-state index contributed by atoms with van der Waals surface area (Å²) >= 11 is 0. The number of nitrogens with one attached hydrogen (secondary N) is 1. The maximum absolute atomic E-state index is 13.3. The topological polar surface area (TPSA) is 55.4 Å². The molecule has 0 saturated carbocycles. The summed E-state index contributed by atoms with van der Waals surface area (Å²) in [5.41, 5.74) is 0. The Labute approximate surface area is 93.5 Å². The van der Waals surface area contributed by atoms with Gasteiger partial charge in [-0.15, -0.1) is 0 Å². The Balaban J connectivity index is 2.21. The lowest BCUT2D eigenvalue weighted by Crippen LogP contribution is -2.35. The van der Waals surface area contributed by atoms with Crippen molar-refractivity contribution in [1.29, 1.82) is 0 Å². The van der Waals surface area contributed by atoms with Gasteiger partial charge in [0.1, 0.15) is 10.7 Å². The molecule has 1 aliphatic rings. The molecule has 0 aromatic heterocycles. The molecule has 1 aromatic carbocycles. The van der Waals surface area contributed by atoms with Crippen molar-refractivity contribution in [3.63, 3.8) is 0 Å². The average molecular weight is 245 g/mol. The number of benzene rings is 1. The van der Waals surface area contributed by atoms with E-state index in [-0.39, 0.29) is 10.9 Å². The van der Waals surface area contributed by atoms with Crippen LogP contribution in [0.15, 0.2) is 29.2 Å². The van der Waals surface area contributed by atoms with E-state index < -0.39 is 15.8 Å². The summed E-state index contributed by atoms with van der Waals surface area (Å²) in [5.74, 6) is -0.742. The van der Waals surface area contributed by atoms with Crippen LogP contribution in [0.5, 0.6) is 0 Å². The molecule has 1 saturated heterocycles. The molecule has 1 atom stereocenters. The van der Waals surface area contributed by atoms with E-state index in [9.17, 15) is 12.8 Å². The monoisotopic (exact) mass is 245 g/mol. The first kappa shape index (κ1) is 11.5. The minimum Gasteiger partial charge on any atom is -0.380 e. The highest BCUT2D eigenvalue weighted by Gasteiger charge is 2.25. The average Bonchev–Trinajstić information content (AvgIpc) is 2.70. The molecule has 1 heterocycles. The van der Waals surface area contributed by atoms with Gasteiger partial charge in [0.2, 0.25) is 10.0 Å². The number of sulfonamides is 1. The molecule has 1 aliphatic heterocycles. The van der Waals surface area contributed by atoms with Gasteiger partial charge in [-0.05, 0) is 18.6 Å². The molecule has 1 fully saturated rings. The number of hydrogen-bond acceptors (Lipinski definition) is 3. The lowest BCUT2D eigenvalue weighted by Gasteiger charge is -2.11. The highest BCUT2D eigenvalue weighted by molar-refractivity contribution is 7.89. The molecule has 0 radical (unpaired) electrons. The third-order valence-corrected chi connectivity index (χ3v) is 3.93. The van der Waals surface area contributed by atoms with E-state index in [0.29, 0.717) is 19.6 Å². The smallest absolute Gasteiger partial charge is 0.243 e. The van der Waals surface area contributed by atoms with Crippen molar-refractivity contribution in [3.05, 3.63) is 30.1 Å². The lowest BCUT2D eigenvalue weighted by atomic mass is 10.3. The second-order valence-electron chi connectivity index (χ2n) is 3.61. The molecular weight excluding hydrogens is 233 g/mol. The quantitative estimate of drug-likeness (QED) is 0.860. The van der Waals surface area contributed by atoms with Gasteiger partial charge >= 0.3 is 0 Å². The van der Waals surface area contributed by atoms with Crippen LogP contribution in [0.4, 0.5) is 4.39 Å².